The van der Waals surface area contributed by atoms with Crippen molar-refractivity contribution in [3.05, 3.63) is 28.2 Å². The van der Waals surface area contributed by atoms with Gasteiger partial charge in [-0.2, -0.15) is 0 Å². The van der Waals surface area contributed by atoms with Crippen molar-refractivity contribution >= 4 is 33.5 Å². The van der Waals surface area contributed by atoms with Crippen LogP contribution < -0.4 is 5.32 Å². The van der Waals surface area contributed by atoms with Crippen LogP contribution in [0.3, 0.4) is 0 Å². The number of aliphatic carboxylic acids is 1. The quantitative estimate of drug-likeness (QED) is 0.775. The lowest BCUT2D eigenvalue weighted by Gasteiger charge is -2.17. The molecule has 0 saturated carbocycles. The Bertz CT molecular complexity index is 552. The summed E-state index contributed by atoms with van der Waals surface area (Å²) in [7, 11) is 0. The lowest BCUT2D eigenvalue weighted by Crippen LogP contribution is -2.37. The number of carbonyl (C=O) groups is 2. The highest BCUT2D eigenvalue weighted by molar-refractivity contribution is 9.10. The predicted molar refractivity (Wildman–Crippen MR) is 80.4 cm³/mol. The Hall–Kier alpha value is -1.84. The summed E-state index contributed by atoms with van der Waals surface area (Å²) < 4.78 is 0.771. The van der Waals surface area contributed by atoms with Gasteiger partial charge in [-0.15, -0.1) is 6.42 Å². The number of nitrogens with zero attached hydrogens (tertiary/aromatic N) is 1. The number of hydrogen-bond donors (Lipinski definition) is 2. The van der Waals surface area contributed by atoms with Gasteiger partial charge in [0.15, 0.2) is 0 Å². The van der Waals surface area contributed by atoms with Gasteiger partial charge < -0.3 is 10.4 Å². The molecule has 1 rings (SSSR count). The molecule has 0 fully saturated rings. The van der Waals surface area contributed by atoms with E-state index in [1.54, 1.807) is 6.07 Å². The fraction of sp³-hybridized carbons (Fsp3) is 0.286. The second-order valence-electron chi connectivity index (χ2n) is 4.27. The van der Waals surface area contributed by atoms with E-state index in [2.05, 4.69) is 27.2 Å². The number of aryl methyl sites for hydroxylation is 1. The van der Waals surface area contributed by atoms with Gasteiger partial charge in [0.1, 0.15) is 0 Å². The lowest BCUT2D eigenvalue weighted by atomic mass is 10.2. The van der Waals surface area contributed by atoms with Crippen LogP contribution in [0, 0.1) is 19.3 Å². The number of hydrogen-bond acceptors (Lipinski definition) is 3. The van der Waals surface area contributed by atoms with E-state index in [4.69, 9.17) is 11.5 Å². The van der Waals surface area contributed by atoms with Crippen molar-refractivity contribution in [3.63, 3.8) is 0 Å². The van der Waals surface area contributed by atoms with Crippen LogP contribution in [0.25, 0.3) is 0 Å². The maximum Gasteiger partial charge on any atom is 0.317 e. The number of nitrogens with one attached hydrogen (secondary N) is 1. The fourth-order valence-electron chi connectivity index (χ4n) is 1.60. The molecule has 106 valence electrons. The molecule has 0 aliphatic rings. The summed E-state index contributed by atoms with van der Waals surface area (Å²) >= 11 is 3.36. The monoisotopic (exact) mass is 338 g/mol. The number of carboxylic acids is 1. The first kappa shape index (κ1) is 16.2. The van der Waals surface area contributed by atoms with E-state index in [1.165, 1.54) is 4.90 Å². The average Bonchev–Trinajstić information content (AvgIpc) is 2.32. The van der Waals surface area contributed by atoms with Gasteiger partial charge in [0.25, 0.3) is 0 Å². The minimum Gasteiger partial charge on any atom is -0.480 e. The average molecular weight is 339 g/mol. The Labute approximate surface area is 126 Å². The summed E-state index contributed by atoms with van der Waals surface area (Å²) in [6, 6.07) is 5.53. The van der Waals surface area contributed by atoms with Gasteiger partial charge in [-0.05, 0) is 40.5 Å². The molecule has 6 heteroatoms. The molecule has 20 heavy (non-hydrogen) atoms. The molecule has 0 aliphatic carbocycles. The Morgan fingerprint density at radius 2 is 2.15 bits per heavy atom. The summed E-state index contributed by atoms with van der Waals surface area (Å²) in [6.07, 6.45) is 5.15. The van der Waals surface area contributed by atoms with Crippen LogP contribution in [0.1, 0.15) is 5.56 Å². The largest absolute Gasteiger partial charge is 0.480 e. The zero-order chi connectivity index (χ0) is 15.1. The second-order valence-corrected chi connectivity index (χ2v) is 5.13. The Balaban J connectivity index is 2.65. The Kier molecular flexibility index (Phi) is 6.22. The standard InChI is InChI=1S/C14H15BrN2O3/c1-3-6-17(9-14(19)20)8-13(18)16-12-5-4-10(2)7-11(12)15/h1,4-5,7H,6,8-9H2,2H3,(H,16,18)(H,19,20). The van der Waals surface area contributed by atoms with E-state index in [1.807, 2.05) is 19.1 Å². The van der Waals surface area contributed by atoms with Gasteiger partial charge >= 0.3 is 5.97 Å². The number of amides is 1. The summed E-state index contributed by atoms with van der Waals surface area (Å²) in [6.45, 7) is 1.70. The molecule has 2 N–H and O–H groups in total. The first-order valence-electron chi connectivity index (χ1n) is 5.86. The van der Waals surface area contributed by atoms with E-state index in [-0.39, 0.29) is 25.5 Å². The number of rotatable bonds is 6. The topological polar surface area (TPSA) is 69.6 Å². The maximum absolute atomic E-state index is 11.9. The van der Waals surface area contributed by atoms with Crippen LogP contribution in [0.5, 0.6) is 0 Å². The van der Waals surface area contributed by atoms with Crippen LogP contribution in [-0.2, 0) is 9.59 Å². The van der Waals surface area contributed by atoms with Crippen molar-refractivity contribution in [1.82, 2.24) is 4.90 Å². The number of carbonyl (C=O) groups excluding carboxylic acids is 1. The fourth-order valence-corrected chi connectivity index (χ4v) is 2.19. The molecular formula is C14H15BrN2O3. The summed E-state index contributed by atoms with van der Waals surface area (Å²) in [4.78, 5) is 23.9. The molecule has 0 bridgehead atoms. The van der Waals surface area contributed by atoms with Crippen molar-refractivity contribution in [3.8, 4) is 12.3 Å². The van der Waals surface area contributed by atoms with Crippen molar-refractivity contribution in [2.45, 2.75) is 6.92 Å². The number of anilines is 1. The smallest absolute Gasteiger partial charge is 0.317 e. The van der Waals surface area contributed by atoms with Crippen molar-refractivity contribution in [1.29, 1.82) is 0 Å². The van der Waals surface area contributed by atoms with Crippen molar-refractivity contribution in [2.75, 3.05) is 25.0 Å². The Morgan fingerprint density at radius 3 is 2.70 bits per heavy atom. The molecule has 0 aromatic heterocycles. The highest BCUT2D eigenvalue weighted by Gasteiger charge is 2.14. The third-order valence-electron chi connectivity index (χ3n) is 2.44. The molecule has 1 aromatic carbocycles. The molecular weight excluding hydrogens is 324 g/mol. The summed E-state index contributed by atoms with van der Waals surface area (Å²) in [5, 5.41) is 11.4. The van der Waals surface area contributed by atoms with Gasteiger partial charge in [-0.25, -0.2) is 0 Å². The van der Waals surface area contributed by atoms with Gasteiger partial charge in [0, 0.05) is 4.47 Å². The minimum atomic E-state index is -1.02. The van der Waals surface area contributed by atoms with Crippen LogP contribution in [0.2, 0.25) is 0 Å². The predicted octanol–water partition coefficient (Wildman–Crippen LogP) is 1.72. The number of benzene rings is 1. The summed E-state index contributed by atoms with van der Waals surface area (Å²) in [5.74, 6) is 0.997. The van der Waals surface area contributed by atoms with Gasteiger partial charge in [0.2, 0.25) is 5.91 Å². The molecule has 0 saturated heterocycles. The number of carboxylic acid groups (broad SMARTS) is 1. The lowest BCUT2D eigenvalue weighted by molar-refractivity contribution is -0.138. The van der Waals surface area contributed by atoms with Crippen LogP contribution >= 0.6 is 15.9 Å². The van der Waals surface area contributed by atoms with E-state index >= 15 is 0 Å². The maximum atomic E-state index is 11.9. The van der Waals surface area contributed by atoms with Crippen LogP contribution in [-0.4, -0.2) is 41.5 Å². The van der Waals surface area contributed by atoms with Crippen LogP contribution in [0.15, 0.2) is 22.7 Å². The Morgan fingerprint density at radius 1 is 1.45 bits per heavy atom. The third-order valence-corrected chi connectivity index (χ3v) is 3.10. The molecule has 5 nitrogen and oxygen atoms in total. The number of terminal acetylenes is 1. The van der Waals surface area contributed by atoms with E-state index < -0.39 is 5.97 Å². The highest BCUT2D eigenvalue weighted by atomic mass is 79.9. The van der Waals surface area contributed by atoms with E-state index in [9.17, 15) is 9.59 Å². The van der Waals surface area contributed by atoms with Crippen LogP contribution in [0.4, 0.5) is 5.69 Å². The molecule has 0 unspecified atom stereocenters. The van der Waals surface area contributed by atoms with E-state index in [0.29, 0.717) is 5.69 Å². The molecule has 0 aliphatic heterocycles. The zero-order valence-electron chi connectivity index (χ0n) is 11.0. The summed E-state index contributed by atoms with van der Waals surface area (Å²) in [5.41, 5.74) is 1.70. The normalized spacial score (nSPS) is 10.1. The molecule has 0 heterocycles. The molecule has 1 amide bonds. The minimum absolute atomic E-state index is 0.0726. The first-order chi connectivity index (χ1) is 9.42. The SMILES string of the molecule is C#CCN(CC(=O)O)CC(=O)Nc1ccc(C)cc1Br. The molecule has 0 radical (unpaired) electrons. The zero-order valence-corrected chi connectivity index (χ0v) is 12.6. The van der Waals surface area contributed by atoms with Gasteiger partial charge in [0.05, 0.1) is 25.3 Å². The van der Waals surface area contributed by atoms with Gasteiger partial charge in [-0.1, -0.05) is 12.0 Å². The third kappa shape index (κ3) is 5.43. The first-order valence-corrected chi connectivity index (χ1v) is 6.65. The number of halogens is 1. The highest BCUT2D eigenvalue weighted by Crippen LogP contribution is 2.23. The molecule has 0 atom stereocenters. The van der Waals surface area contributed by atoms with Gasteiger partial charge in [-0.3, -0.25) is 14.5 Å². The van der Waals surface area contributed by atoms with E-state index in [0.717, 1.165) is 10.0 Å². The van der Waals surface area contributed by atoms with Crippen molar-refractivity contribution in [2.24, 2.45) is 0 Å². The van der Waals surface area contributed by atoms with Crippen molar-refractivity contribution < 1.29 is 14.7 Å². The molecule has 0 spiro atoms. The molecule has 1 aromatic rings. The second kappa shape index (κ2) is 7.68.